The van der Waals surface area contributed by atoms with Crippen LogP contribution in [0.4, 0.5) is 10.2 Å². The Morgan fingerprint density at radius 1 is 1.11 bits per heavy atom. The van der Waals surface area contributed by atoms with Crippen molar-refractivity contribution in [2.24, 2.45) is 0 Å². The molecule has 0 saturated heterocycles. The highest BCUT2D eigenvalue weighted by Crippen LogP contribution is 2.39. The Morgan fingerprint density at radius 3 is 2.34 bits per heavy atom. The van der Waals surface area contributed by atoms with E-state index in [1.165, 1.54) is 24.3 Å². The molecule has 3 heterocycles. The number of pyridine rings is 1. The fraction of sp³-hybridized carbons (Fsp3) is 0.304. The van der Waals surface area contributed by atoms with Crippen molar-refractivity contribution in [1.82, 2.24) is 9.29 Å². The summed E-state index contributed by atoms with van der Waals surface area (Å²) in [5.41, 5.74) is 1.31. The fourth-order valence-electron chi connectivity index (χ4n) is 4.01. The Morgan fingerprint density at radius 2 is 1.77 bits per heavy atom. The van der Waals surface area contributed by atoms with Gasteiger partial charge in [0.2, 0.25) is 25.8 Å². The topological polar surface area (TPSA) is 118 Å². The Bertz CT molecular complexity index is 1560. The van der Waals surface area contributed by atoms with Crippen LogP contribution >= 0.6 is 0 Å². The third kappa shape index (κ3) is 4.73. The van der Waals surface area contributed by atoms with E-state index in [1.54, 1.807) is 13.0 Å². The molecule has 0 unspecified atom stereocenters. The van der Waals surface area contributed by atoms with E-state index in [0.29, 0.717) is 16.5 Å². The Balaban J connectivity index is 2.03. The summed E-state index contributed by atoms with van der Waals surface area (Å²) >= 11 is 0. The van der Waals surface area contributed by atoms with Crippen LogP contribution in [0.3, 0.4) is 0 Å². The van der Waals surface area contributed by atoms with Crippen molar-refractivity contribution in [3.63, 3.8) is 0 Å². The van der Waals surface area contributed by atoms with Crippen molar-refractivity contribution in [1.29, 1.82) is 0 Å². The second-order valence-electron chi connectivity index (χ2n) is 8.34. The molecule has 0 bridgehead atoms. The molecule has 0 amide bonds. The average molecular weight is 522 g/mol. The minimum absolute atomic E-state index is 0.0295. The third-order valence-electron chi connectivity index (χ3n) is 5.78. The lowest BCUT2D eigenvalue weighted by Gasteiger charge is -2.31. The summed E-state index contributed by atoms with van der Waals surface area (Å²) in [6.07, 6.45) is 2.19. The molecule has 0 atom stereocenters. The Kier molecular flexibility index (Phi) is 6.32. The number of carbonyl (C=O) groups is 1. The maximum absolute atomic E-state index is 13.5. The van der Waals surface area contributed by atoms with Crippen LogP contribution in [-0.2, 0) is 20.0 Å². The van der Waals surface area contributed by atoms with Gasteiger partial charge in [-0.25, -0.2) is 21.2 Å². The van der Waals surface area contributed by atoms with Gasteiger partial charge in [-0.05, 0) is 35.9 Å². The summed E-state index contributed by atoms with van der Waals surface area (Å²) < 4.78 is 71.4. The Hall–Kier alpha value is -3.09. The van der Waals surface area contributed by atoms with Crippen molar-refractivity contribution in [2.75, 3.05) is 36.5 Å². The highest BCUT2D eigenvalue weighted by molar-refractivity contribution is 7.92. The molecule has 4 rings (SSSR count). The van der Waals surface area contributed by atoms with Crippen LogP contribution in [-0.4, -0.2) is 64.1 Å². The molecule has 0 fully saturated rings. The summed E-state index contributed by atoms with van der Waals surface area (Å²) in [6, 6.07) is 6.98. The minimum Gasteiger partial charge on any atom is -0.437 e. The number of ketones is 1. The molecule has 0 N–H and O–H groups in total. The van der Waals surface area contributed by atoms with Crippen molar-refractivity contribution < 1.29 is 30.4 Å². The first-order valence-electron chi connectivity index (χ1n) is 10.7. The number of sulfonamides is 2. The lowest BCUT2D eigenvalue weighted by atomic mass is 9.99. The van der Waals surface area contributed by atoms with Gasteiger partial charge in [-0.3, -0.25) is 9.10 Å². The van der Waals surface area contributed by atoms with Crippen LogP contribution in [0.2, 0.25) is 0 Å². The van der Waals surface area contributed by atoms with Gasteiger partial charge < -0.3 is 4.42 Å². The number of fused-ring (bicyclic) bond motifs is 2. The highest BCUT2D eigenvalue weighted by atomic mass is 32.2. The maximum Gasteiger partial charge on any atom is 0.233 e. The summed E-state index contributed by atoms with van der Waals surface area (Å²) in [4.78, 5) is 17.4. The molecule has 0 aliphatic carbocycles. The summed E-state index contributed by atoms with van der Waals surface area (Å²) in [5, 5.41) is 0.330. The van der Waals surface area contributed by atoms with Gasteiger partial charge in [0.05, 0.1) is 23.5 Å². The van der Waals surface area contributed by atoms with E-state index in [-0.39, 0.29) is 60.3 Å². The van der Waals surface area contributed by atoms with Gasteiger partial charge in [0.1, 0.15) is 11.6 Å². The first-order chi connectivity index (χ1) is 16.3. The van der Waals surface area contributed by atoms with Crippen molar-refractivity contribution in [3.05, 3.63) is 53.9 Å². The molecular weight excluding hydrogens is 497 g/mol. The normalized spacial score (nSPS) is 15.7. The second kappa shape index (κ2) is 8.85. The molecule has 1 aromatic carbocycles. The number of furan rings is 1. The number of anilines is 1. The van der Waals surface area contributed by atoms with Crippen molar-refractivity contribution >= 4 is 48.3 Å². The predicted molar refractivity (Wildman–Crippen MR) is 132 cm³/mol. The molecule has 0 radical (unpaired) electrons. The van der Waals surface area contributed by atoms with Crippen molar-refractivity contribution in [3.8, 4) is 11.3 Å². The quantitative estimate of drug-likeness (QED) is 0.473. The van der Waals surface area contributed by atoms with Crippen molar-refractivity contribution in [2.45, 2.75) is 13.3 Å². The van der Waals surface area contributed by atoms with Gasteiger partial charge >= 0.3 is 0 Å². The fourth-order valence-corrected chi connectivity index (χ4v) is 5.68. The second-order valence-corrected chi connectivity index (χ2v) is 12.2. The standard InChI is InChI=1S/C23H24FN3O6S2/c1-5-19(28)20-18-12-17-14(2)13-26(34(3,29)30)10-11-27(35(4,31)32)22(17)25-23(18)33-21(20)15-6-8-16(24)9-7-15/h6-9,12H,2,5,10-11,13H2,1,3-4H3. The molecule has 186 valence electrons. The molecule has 35 heavy (non-hydrogen) atoms. The minimum atomic E-state index is -3.86. The zero-order valence-electron chi connectivity index (χ0n) is 19.4. The number of nitrogens with zero attached hydrogens (tertiary/aromatic N) is 3. The van der Waals surface area contributed by atoms with E-state index >= 15 is 0 Å². The van der Waals surface area contributed by atoms with Crippen LogP contribution in [0.15, 0.2) is 41.3 Å². The maximum atomic E-state index is 13.5. The average Bonchev–Trinajstić information content (AvgIpc) is 3.13. The van der Waals surface area contributed by atoms with Crippen LogP contribution in [0.1, 0.15) is 29.3 Å². The number of hydrogen-bond donors (Lipinski definition) is 0. The number of rotatable bonds is 5. The number of carbonyl (C=O) groups excluding carboxylic acids is 1. The van der Waals surface area contributed by atoms with E-state index in [2.05, 4.69) is 11.6 Å². The molecule has 2 aromatic heterocycles. The zero-order chi connectivity index (χ0) is 25.7. The van der Waals surface area contributed by atoms with Crippen LogP contribution < -0.4 is 4.31 Å². The number of aromatic nitrogens is 1. The van der Waals surface area contributed by atoms with Crippen LogP contribution in [0.5, 0.6) is 0 Å². The first-order valence-corrected chi connectivity index (χ1v) is 14.4. The van der Waals surface area contributed by atoms with Gasteiger partial charge in [0.25, 0.3) is 0 Å². The van der Waals surface area contributed by atoms with E-state index in [9.17, 15) is 26.0 Å². The molecule has 1 aliphatic rings. The van der Waals surface area contributed by atoms with Gasteiger partial charge in [0.15, 0.2) is 11.6 Å². The summed E-state index contributed by atoms with van der Waals surface area (Å²) in [6.45, 7) is 5.34. The molecule has 1 aliphatic heterocycles. The predicted octanol–water partition coefficient (Wildman–Crippen LogP) is 3.28. The van der Waals surface area contributed by atoms with Gasteiger partial charge in [0, 0.05) is 37.2 Å². The SMILES string of the molecule is C=C1CN(S(C)(=O)=O)CCN(S(C)(=O)=O)c2nc3oc(-c4ccc(F)cc4)c(C(=O)CC)c3cc21. The lowest BCUT2D eigenvalue weighted by Crippen LogP contribution is -2.43. The zero-order valence-corrected chi connectivity index (χ0v) is 21.0. The smallest absolute Gasteiger partial charge is 0.233 e. The monoisotopic (exact) mass is 521 g/mol. The molecule has 3 aromatic rings. The molecule has 0 saturated carbocycles. The van der Waals surface area contributed by atoms with Crippen LogP contribution in [0.25, 0.3) is 28.0 Å². The largest absolute Gasteiger partial charge is 0.437 e. The number of halogens is 1. The summed E-state index contributed by atoms with van der Waals surface area (Å²) in [5.74, 6) is -0.483. The molecule has 0 spiro atoms. The van der Waals surface area contributed by atoms with E-state index in [1.807, 2.05) is 0 Å². The third-order valence-corrected chi connectivity index (χ3v) is 8.18. The number of hydrogen-bond acceptors (Lipinski definition) is 7. The van der Waals surface area contributed by atoms with Gasteiger partial charge in [-0.2, -0.15) is 9.29 Å². The highest BCUT2D eigenvalue weighted by Gasteiger charge is 2.32. The Labute approximate surface area is 203 Å². The van der Waals surface area contributed by atoms with Gasteiger partial charge in [-0.1, -0.05) is 13.5 Å². The van der Waals surface area contributed by atoms with Crippen LogP contribution in [0, 0.1) is 5.82 Å². The molecule has 12 heteroatoms. The number of benzene rings is 1. The molecular formula is C23H24FN3O6S2. The van der Waals surface area contributed by atoms with E-state index < -0.39 is 25.9 Å². The van der Waals surface area contributed by atoms with E-state index in [4.69, 9.17) is 4.42 Å². The number of Topliss-reactive ketones (excluding diaryl/α,β-unsaturated/α-hetero) is 1. The summed E-state index contributed by atoms with van der Waals surface area (Å²) in [7, 11) is -7.51. The molecule has 9 nitrogen and oxygen atoms in total. The van der Waals surface area contributed by atoms with E-state index in [0.717, 1.165) is 21.1 Å². The lowest BCUT2D eigenvalue weighted by molar-refractivity contribution is 0.0989. The first kappa shape index (κ1) is 25.0. The van der Waals surface area contributed by atoms with Gasteiger partial charge in [-0.15, -0.1) is 0 Å².